The second-order valence-corrected chi connectivity index (χ2v) is 7.58. The van der Waals surface area contributed by atoms with Gasteiger partial charge in [-0.2, -0.15) is 4.98 Å². The van der Waals surface area contributed by atoms with Gasteiger partial charge >= 0.3 is 0 Å². The molecule has 1 N–H and O–H groups in total. The van der Waals surface area contributed by atoms with E-state index in [0.29, 0.717) is 18.3 Å². The lowest BCUT2D eigenvalue weighted by Crippen LogP contribution is -2.36. The predicted molar refractivity (Wildman–Crippen MR) is 116 cm³/mol. The zero-order valence-corrected chi connectivity index (χ0v) is 17.9. The largest absolute Gasteiger partial charge is 0.494 e. The summed E-state index contributed by atoms with van der Waals surface area (Å²) in [5.74, 6) is 2.07. The molecular formula is C24H27N3O4. The molecule has 3 aromatic rings. The molecule has 1 aromatic heterocycles. The van der Waals surface area contributed by atoms with Crippen LogP contribution in [-0.2, 0) is 24.2 Å². The number of carbonyl (C=O) groups excluding carboxylic acids is 1. The fourth-order valence-corrected chi connectivity index (χ4v) is 3.66. The van der Waals surface area contributed by atoms with Crippen molar-refractivity contribution in [3.63, 3.8) is 0 Å². The summed E-state index contributed by atoms with van der Waals surface area (Å²) < 4.78 is 16.5. The van der Waals surface area contributed by atoms with Crippen LogP contribution in [0.15, 0.2) is 47.0 Å². The number of fused-ring (bicyclic) bond motifs is 1. The summed E-state index contributed by atoms with van der Waals surface area (Å²) in [5, 5.41) is 6.78. The monoisotopic (exact) mass is 421 g/mol. The molecule has 0 saturated carbocycles. The van der Waals surface area contributed by atoms with E-state index in [4.69, 9.17) is 14.0 Å². The first-order chi connectivity index (χ1) is 15.1. The smallest absolute Gasteiger partial charge is 0.261 e. The van der Waals surface area contributed by atoms with Crippen molar-refractivity contribution in [2.75, 3.05) is 6.61 Å². The van der Waals surface area contributed by atoms with Gasteiger partial charge in [-0.25, -0.2) is 0 Å². The van der Waals surface area contributed by atoms with Crippen LogP contribution in [0.3, 0.4) is 0 Å². The van der Waals surface area contributed by atoms with Gasteiger partial charge in [-0.3, -0.25) is 4.79 Å². The van der Waals surface area contributed by atoms with Crippen LogP contribution in [0, 0.1) is 0 Å². The molecule has 0 fully saturated rings. The number of ether oxygens (including phenoxy) is 2. The average molecular weight is 421 g/mol. The molecule has 1 aliphatic rings. The van der Waals surface area contributed by atoms with E-state index < -0.39 is 6.10 Å². The van der Waals surface area contributed by atoms with Gasteiger partial charge in [0.2, 0.25) is 11.7 Å². The van der Waals surface area contributed by atoms with Crippen molar-refractivity contribution in [1.82, 2.24) is 15.5 Å². The minimum atomic E-state index is -0.629. The number of aryl methyl sites for hydroxylation is 2. The molecule has 1 atom stereocenters. The lowest BCUT2D eigenvalue weighted by Gasteiger charge is -2.19. The zero-order chi connectivity index (χ0) is 21.6. The van der Waals surface area contributed by atoms with Gasteiger partial charge in [0, 0.05) is 5.56 Å². The summed E-state index contributed by atoms with van der Waals surface area (Å²) in [6.45, 7) is 4.42. The van der Waals surface area contributed by atoms with E-state index >= 15 is 0 Å². The molecule has 1 aliphatic carbocycles. The van der Waals surface area contributed by atoms with Crippen LogP contribution in [0.25, 0.3) is 11.4 Å². The quantitative estimate of drug-likeness (QED) is 0.589. The number of nitrogens with one attached hydrogen (secondary N) is 1. The van der Waals surface area contributed by atoms with Crippen molar-refractivity contribution in [3.05, 3.63) is 59.5 Å². The van der Waals surface area contributed by atoms with E-state index in [0.717, 1.165) is 29.9 Å². The number of hydrogen-bond acceptors (Lipinski definition) is 6. The lowest BCUT2D eigenvalue weighted by molar-refractivity contribution is -0.127. The van der Waals surface area contributed by atoms with Crippen molar-refractivity contribution >= 4 is 5.91 Å². The maximum absolute atomic E-state index is 12.4. The van der Waals surface area contributed by atoms with Crippen molar-refractivity contribution in [1.29, 1.82) is 0 Å². The number of nitrogens with zero attached hydrogens (tertiary/aromatic N) is 2. The molecule has 162 valence electrons. The van der Waals surface area contributed by atoms with Crippen LogP contribution in [0.2, 0.25) is 0 Å². The fraction of sp³-hybridized carbons (Fsp3) is 0.375. The predicted octanol–water partition coefficient (Wildman–Crippen LogP) is 4.10. The second kappa shape index (κ2) is 9.64. The van der Waals surface area contributed by atoms with Gasteiger partial charge in [-0.15, -0.1) is 0 Å². The molecule has 0 bridgehead atoms. The first-order valence-electron chi connectivity index (χ1n) is 10.7. The standard InChI is InChI=1S/C24H27N3O4/c1-3-29-20-11-9-18(10-12-20)23-26-22(31-27-23)15-25-24(28)16(2)30-21-13-8-17-6-4-5-7-19(17)14-21/h8-14,16H,3-7,15H2,1-2H3,(H,25,28)/t16-/m1/s1. The third-order valence-corrected chi connectivity index (χ3v) is 5.31. The van der Waals surface area contributed by atoms with E-state index in [1.807, 2.05) is 37.3 Å². The second-order valence-electron chi connectivity index (χ2n) is 7.58. The summed E-state index contributed by atoms with van der Waals surface area (Å²) in [5.41, 5.74) is 3.52. The highest BCUT2D eigenvalue weighted by Gasteiger charge is 2.18. The SMILES string of the molecule is CCOc1ccc(-c2noc(CNC(=O)[C@@H](C)Oc3ccc4c(c3)CCCC4)n2)cc1. The van der Waals surface area contributed by atoms with Gasteiger partial charge in [0.25, 0.3) is 5.91 Å². The maximum Gasteiger partial charge on any atom is 0.261 e. The first kappa shape index (κ1) is 20.9. The highest BCUT2D eigenvalue weighted by Crippen LogP contribution is 2.26. The Kier molecular flexibility index (Phi) is 6.50. The molecule has 0 saturated heterocycles. The summed E-state index contributed by atoms with van der Waals surface area (Å²) in [7, 11) is 0. The van der Waals surface area contributed by atoms with Crippen molar-refractivity contribution in [2.24, 2.45) is 0 Å². The molecule has 0 aliphatic heterocycles. The molecule has 1 heterocycles. The summed E-state index contributed by atoms with van der Waals surface area (Å²) in [6.07, 6.45) is 4.00. The molecule has 7 heteroatoms. The van der Waals surface area contributed by atoms with Crippen LogP contribution >= 0.6 is 0 Å². The van der Waals surface area contributed by atoms with Crippen molar-refractivity contribution in [2.45, 2.75) is 52.2 Å². The van der Waals surface area contributed by atoms with Crippen LogP contribution in [0.1, 0.15) is 43.7 Å². The average Bonchev–Trinajstić information content (AvgIpc) is 3.27. The molecular weight excluding hydrogens is 394 g/mol. The van der Waals surface area contributed by atoms with Gasteiger partial charge in [0.1, 0.15) is 11.5 Å². The Balaban J connectivity index is 1.30. The number of aromatic nitrogens is 2. The molecule has 0 unspecified atom stereocenters. The molecule has 7 nitrogen and oxygen atoms in total. The van der Waals surface area contributed by atoms with Gasteiger partial charge < -0.3 is 19.3 Å². The Morgan fingerprint density at radius 2 is 1.84 bits per heavy atom. The van der Waals surface area contributed by atoms with Crippen molar-refractivity contribution < 1.29 is 18.8 Å². The van der Waals surface area contributed by atoms with E-state index in [2.05, 4.69) is 27.6 Å². The number of amides is 1. The third kappa shape index (κ3) is 5.23. The lowest BCUT2D eigenvalue weighted by atomic mass is 9.92. The Hall–Kier alpha value is -3.35. The molecule has 2 aromatic carbocycles. The summed E-state index contributed by atoms with van der Waals surface area (Å²) in [4.78, 5) is 16.8. The zero-order valence-electron chi connectivity index (χ0n) is 17.9. The van der Waals surface area contributed by atoms with Crippen LogP contribution in [-0.4, -0.2) is 28.8 Å². The Bertz CT molecular complexity index is 1030. The minimum absolute atomic E-state index is 0.140. The van der Waals surface area contributed by atoms with Gasteiger partial charge in [-0.05, 0) is 87.1 Å². The van der Waals surface area contributed by atoms with Crippen LogP contribution in [0.5, 0.6) is 11.5 Å². The maximum atomic E-state index is 12.4. The Morgan fingerprint density at radius 1 is 1.10 bits per heavy atom. The molecule has 4 rings (SSSR count). The molecule has 31 heavy (non-hydrogen) atoms. The minimum Gasteiger partial charge on any atom is -0.494 e. The first-order valence-corrected chi connectivity index (χ1v) is 10.7. The van der Waals surface area contributed by atoms with Gasteiger partial charge in [0.15, 0.2) is 6.10 Å². The van der Waals surface area contributed by atoms with E-state index in [-0.39, 0.29) is 12.5 Å². The van der Waals surface area contributed by atoms with Crippen molar-refractivity contribution in [3.8, 4) is 22.9 Å². The summed E-state index contributed by atoms with van der Waals surface area (Å²) >= 11 is 0. The number of carbonyl (C=O) groups is 1. The highest BCUT2D eigenvalue weighted by molar-refractivity contribution is 5.80. The number of hydrogen-bond donors (Lipinski definition) is 1. The number of rotatable bonds is 8. The highest BCUT2D eigenvalue weighted by atomic mass is 16.5. The normalized spacial score (nSPS) is 13.9. The number of benzene rings is 2. The van der Waals surface area contributed by atoms with Crippen LogP contribution in [0.4, 0.5) is 0 Å². The van der Waals surface area contributed by atoms with E-state index in [1.54, 1.807) is 6.92 Å². The molecule has 0 spiro atoms. The third-order valence-electron chi connectivity index (χ3n) is 5.31. The van der Waals surface area contributed by atoms with Gasteiger partial charge in [-0.1, -0.05) is 11.2 Å². The van der Waals surface area contributed by atoms with E-state index in [1.165, 1.54) is 24.0 Å². The Morgan fingerprint density at radius 3 is 2.61 bits per heavy atom. The topological polar surface area (TPSA) is 86.5 Å². The van der Waals surface area contributed by atoms with E-state index in [9.17, 15) is 4.79 Å². The van der Waals surface area contributed by atoms with Gasteiger partial charge in [0.05, 0.1) is 13.2 Å². The molecule has 1 amide bonds. The summed E-state index contributed by atoms with van der Waals surface area (Å²) in [6, 6.07) is 13.6. The molecule has 0 radical (unpaired) electrons. The van der Waals surface area contributed by atoms with Crippen LogP contribution < -0.4 is 14.8 Å². The fourth-order valence-electron chi connectivity index (χ4n) is 3.66. The Labute approximate surface area is 181 Å².